The van der Waals surface area contributed by atoms with Gasteiger partial charge in [-0.2, -0.15) is 0 Å². The first-order valence-electron chi connectivity index (χ1n) is 9.15. The minimum atomic E-state index is -0.197. The van der Waals surface area contributed by atoms with Crippen molar-refractivity contribution in [2.45, 2.75) is 26.3 Å². The smallest absolute Gasteiger partial charge is 0.261 e. The Bertz CT molecular complexity index is 1010. The fourth-order valence-electron chi connectivity index (χ4n) is 3.46. The number of aromatic nitrogens is 3. The molecule has 1 aliphatic rings. The van der Waals surface area contributed by atoms with Crippen molar-refractivity contribution in [2.24, 2.45) is 0 Å². The van der Waals surface area contributed by atoms with E-state index in [0.717, 1.165) is 36.3 Å². The van der Waals surface area contributed by atoms with Crippen LogP contribution in [0.2, 0.25) is 5.15 Å². The van der Waals surface area contributed by atoms with Crippen LogP contribution in [-0.2, 0) is 6.54 Å². The molecule has 28 heavy (non-hydrogen) atoms. The molecule has 4 rings (SSSR count). The van der Waals surface area contributed by atoms with Crippen LogP contribution in [0.3, 0.4) is 0 Å². The molecule has 0 N–H and O–H groups in total. The van der Waals surface area contributed by atoms with Crippen molar-refractivity contribution >= 4 is 23.4 Å². The molecule has 2 amide bonds. The van der Waals surface area contributed by atoms with Gasteiger partial charge in [0.15, 0.2) is 0 Å². The molecule has 0 aliphatic carbocycles. The summed E-state index contributed by atoms with van der Waals surface area (Å²) in [6.07, 6.45) is 5.09. The van der Waals surface area contributed by atoms with E-state index >= 15 is 0 Å². The van der Waals surface area contributed by atoms with Crippen molar-refractivity contribution in [3.05, 3.63) is 70.9 Å². The number of hydrogen-bond acceptors (Lipinski definition) is 4. The van der Waals surface area contributed by atoms with E-state index in [1.54, 1.807) is 42.9 Å². The molecule has 6 nitrogen and oxygen atoms in total. The molecule has 2 aromatic heterocycles. The van der Waals surface area contributed by atoms with Crippen LogP contribution in [0.15, 0.2) is 48.9 Å². The number of imide groups is 1. The zero-order valence-electron chi connectivity index (χ0n) is 15.4. The fraction of sp³-hybridized carbons (Fsp3) is 0.238. The summed E-state index contributed by atoms with van der Waals surface area (Å²) in [5.41, 5.74) is 3.85. The van der Waals surface area contributed by atoms with Gasteiger partial charge in [-0.05, 0) is 44.0 Å². The standard InChI is InChI=1S/C21H19ClN4O2/c1-14-19(15-8-9-18(22)23-12-15)24-13-25(14)10-4-5-11-26-20(27)16-6-2-3-7-17(16)21(26)28/h2-3,6-9,12-13H,4-5,10-11H2,1H3. The van der Waals surface area contributed by atoms with Crippen LogP contribution >= 0.6 is 11.6 Å². The highest BCUT2D eigenvalue weighted by Crippen LogP contribution is 2.24. The topological polar surface area (TPSA) is 68.1 Å². The molecule has 0 saturated carbocycles. The van der Waals surface area contributed by atoms with Crippen LogP contribution in [0.25, 0.3) is 11.3 Å². The van der Waals surface area contributed by atoms with Gasteiger partial charge in [0.25, 0.3) is 11.8 Å². The maximum Gasteiger partial charge on any atom is 0.261 e. The molecular formula is C21H19ClN4O2. The maximum atomic E-state index is 12.4. The van der Waals surface area contributed by atoms with Gasteiger partial charge in [-0.1, -0.05) is 23.7 Å². The van der Waals surface area contributed by atoms with Gasteiger partial charge in [0.05, 0.1) is 23.1 Å². The van der Waals surface area contributed by atoms with Crippen molar-refractivity contribution in [3.63, 3.8) is 0 Å². The van der Waals surface area contributed by atoms with Crippen LogP contribution in [0.4, 0.5) is 0 Å². The summed E-state index contributed by atoms with van der Waals surface area (Å²) in [6, 6.07) is 10.6. The van der Waals surface area contributed by atoms with Gasteiger partial charge in [-0.15, -0.1) is 0 Å². The number of carbonyl (C=O) groups is 2. The first-order valence-corrected chi connectivity index (χ1v) is 9.53. The molecular weight excluding hydrogens is 376 g/mol. The minimum absolute atomic E-state index is 0.197. The Labute approximate surface area is 167 Å². The van der Waals surface area contributed by atoms with Crippen LogP contribution in [-0.4, -0.2) is 37.8 Å². The number of rotatable bonds is 6. The number of imidazole rings is 1. The lowest BCUT2D eigenvalue weighted by atomic mass is 10.1. The van der Waals surface area contributed by atoms with E-state index in [0.29, 0.717) is 22.8 Å². The highest BCUT2D eigenvalue weighted by molar-refractivity contribution is 6.29. The minimum Gasteiger partial charge on any atom is -0.334 e. The maximum absolute atomic E-state index is 12.4. The second-order valence-corrected chi connectivity index (χ2v) is 7.14. The summed E-state index contributed by atoms with van der Waals surface area (Å²) in [7, 11) is 0. The van der Waals surface area contributed by atoms with E-state index in [-0.39, 0.29) is 11.8 Å². The van der Waals surface area contributed by atoms with E-state index in [2.05, 4.69) is 14.5 Å². The van der Waals surface area contributed by atoms with Crippen LogP contribution in [0, 0.1) is 6.92 Å². The zero-order chi connectivity index (χ0) is 19.7. The van der Waals surface area contributed by atoms with Crippen molar-refractivity contribution in [1.29, 1.82) is 0 Å². The molecule has 7 heteroatoms. The summed E-state index contributed by atoms with van der Waals surface area (Å²) in [6.45, 7) is 3.21. The number of amides is 2. The molecule has 3 aromatic rings. The molecule has 0 radical (unpaired) electrons. The molecule has 0 fully saturated rings. The van der Waals surface area contributed by atoms with E-state index in [1.165, 1.54) is 4.90 Å². The second kappa shape index (κ2) is 7.56. The van der Waals surface area contributed by atoms with Gasteiger partial charge < -0.3 is 4.57 Å². The third-order valence-electron chi connectivity index (χ3n) is 5.01. The Hall–Kier alpha value is -2.99. The van der Waals surface area contributed by atoms with Crippen molar-refractivity contribution in [3.8, 4) is 11.3 Å². The number of pyridine rings is 1. The van der Waals surface area contributed by atoms with Crippen LogP contribution in [0.5, 0.6) is 0 Å². The van der Waals surface area contributed by atoms with Crippen LogP contribution < -0.4 is 0 Å². The molecule has 142 valence electrons. The molecule has 0 spiro atoms. The third-order valence-corrected chi connectivity index (χ3v) is 5.23. The highest BCUT2D eigenvalue weighted by atomic mass is 35.5. The number of fused-ring (bicyclic) bond motifs is 1. The monoisotopic (exact) mass is 394 g/mol. The van der Waals surface area contributed by atoms with Crippen LogP contribution in [0.1, 0.15) is 39.3 Å². The molecule has 0 atom stereocenters. The molecule has 3 heterocycles. The number of carbonyl (C=O) groups excluding carboxylic acids is 2. The summed E-state index contributed by atoms with van der Waals surface area (Å²) in [5.74, 6) is -0.395. The average molecular weight is 395 g/mol. The van der Waals surface area contributed by atoms with Gasteiger partial charge in [0, 0.05) is 30.5 Å². The first kappa shape index (κ1) is 18.4. The predicted molar refractivity (Wildman–Crippen MR) is 106 cm³/mol. The number of hydrogen-bond donors (Lipinski definition) is 0. The Morgan fingerprint density at radius 2 is 1.61 bits per heavy atom. The van der Waals surface area contributed by atoms with Gasteiger partial charge in [-0.25, -0.2) is 9.97 Å². The summed E-state index contributed by atoms with van der Waals surface area (Å²) in [5, 5.41) is 0.453. The summed E-state index contributed by atoms with van der Waals surface area (Å²) in [4.78, 5) is 34.7. The van der Waals surface area contributed by atoms with Gasteiger partial charge in [-0.3, -0.25) is 14.5 Å². The molecule has 1 aliphatic heterocycles. The molecule has 1 aromatic carbocycles. The Balaban J connectivity index is 1.35. The molecule has 0 unspecified atom stereocenters. The lowest BCUT2D eigenvalue weighted by Crippen LogP contribution is -2.30. The number of nitrogens with zero attached hydrogens (tertiary/aromatic N) is 4. The lowest BCUT2D eigenvalue weighted by Gasteiger charge is -2.14. The fourth-order valence-corrected chi connectivity index (χ4v) is 3.57. The Kier molecular flexibility index (Phi) is 4.96. The first-order chi connectivity index (χ1) is 13.6. The third kappa shape index (κ3) is 3.31. The van der Waals surface area contributed by atoms with E-state index in [9.17, 15) is 9.59 Å². The number of halogens is 1. The normalized spacial score (nSPS) is 13.3. The molecule has 0 saturated heterocycles. The van der Waals surface area contributed by atoms with Gasteiger partial charge in [0.2, 0.25) is 0 Å². The average Bonchev–Trinajstić information content (AvgIpc) is 3.19. The SMILES string of the molecule is Cc1c(-c2ccc(Cl)nc2)ncn1CCCCN1C(=O)c2ccccc2C1=O. The quantitative estimate of drug-likeness (QED) is 0.360. The Morgan fingerprint density at radius 3 is 2.25 bits per heavy atom. The zero-order valence-corrected chi connectivity index (χ0v) is 16.2. The Morgan fingerprint density at radius 1 is 0.929 bits per heavy atom. The highest BCUT2D eigenvalue weighted by Gasteiger charge is 2.34. The molecule has 0 bridgehead atoms. The van der Waals surface area contributed by atoms with Crippen molar-refractivity contribution in [2.75, 3.05) is 6.54 Å². The van der Waals surface area contributed by atoms with Gasteiger partial charge >= 0.3 is 0 Å². The van der Waals surface area contributed by atoms with Gasteiger partial charge in [0.1, 0.15) is 5.15 Å². The summed E-state index contributed by atoms with van der Waals surface area (Å²) < 4.78 is 2.08. The lowest BCUT2D eigenvalue weighted by molar-refractivity contribution is 0.0651. The predicted octanol–water partition coefficient (Wildman–Crippen LogP) is 3.98. The van der Waals surface area contributed by atoms with Crippen molar-refractivity contribution < 1.29 is 9.59 Å². The number of benzene rings is 1. The van der Waals surface area contributed by atoms with E-state index in [4.69, 9.17) is 11.6 Å². The summed E-state index contributed by atoms with van der Waals surface area (Å²) >= 11 is 5.84. The largest absolute Gasteiger partial charge is 0.334 e. The van der Waals surface area contributed by atoms with E-state index in [1.807, 2.05) is 13.0 Å². The number of unbranched alkanes of at least 4 members (excludes halogenated alkanes) is 1. The number of aryl methyl sites for hydroxylation is 1. The second-order valence-electron chi connectivity index (χ2n) is 6.76. The van der Waals surface area contributed by atoms with Crippen molar-refractivity contribution in [1.82, 2.24) is 19.4 Å². The van der Waals surface area contributed by atoms with E-state index < -0.39 is 0 Å².